The Bertz CT molecular complexity index is 807. The summed E-state index contributed by atoms with van der Waals surface area (Å²) in [5.41, 5.74) is 1.52. The first-order valence-corrected chi connectivity index (χ1v) is 10.8. The first kappa shape index (κ1) is 20.3. The van der Waals surface area contributed by atoms with Crippen molar-refractivity contribution < 1.29 is 9.84 Å². The smallest absolute Gasteiger partial charge is 0.145 e. The van der Waals surface area contributed by atoms with Crippen LogP contribution in [0.1, 0.15) is 38.5 Å². The van der Waals surface area contributed by atoms with E-state index in [0.717, 1.165) is 69.1 Å². The molecule has 156 valence electrons. The predicted molar refractivity (Wildman–Crippen MR) is 114 cm³/mol. The summed E-state index contributed by atoms with van der Waals surface area (Å²) in [5, 5.41) is 17.1. The van der Waals surface area contributed by atoms with Gasteiger partial charge in [0.05, 0.1) is 35.8 Å². The number of hydrogen-bond acceptors (Lipinski definition) is 7. The predicted octanol–water partition coefficient (Wildman–Crippen LogP) is 3.75. The number of ether oxygens (including phenoxy) is 1. The molecule has 1 aliphatic heterocycles. The first-order valence-electron chi connectivity index (χ1n) is 10.4. The first-order chi connectivity index (χ1) is 14.2. The number of anilines is 2. The summed E-state index contributed by atoms with van der Waals surface area (Å²) < 4.78 is 5.54. The second kappa shape index (κ2) is 9.69. The molecule has 4 rings (SSSR count). The third-order valence-corrected chi connectivity index (χ3v) is 5.94. The van der Waals surface area contributed by atoms with Crippen molar-refractivity contribution in [1.82, 2.24) is 15.0 Å². The van der Waals surface area contributed by atoms with Crippen LogP contribution in [0.5, 0.6) is 0 Å². The molecule has 2 aromatic heterocycles. The van der Waals surface area contributed by atoms with Crippen LogP contribution in [0.4, 0.5) is 11.6 Å². The van der Waals surface area contributed by atoms with Crippen molar-refractivity contribution in [1.29, 1.82) is 0 Å². The fraction of sp³-hybridized carbons (Fsp3) is 0.571. The van der Waals surface area contributed by atoms with Gasteiger partial charge in [-0.1, -0.05) is 11.6 Å². The Morgan fingerprint density at radius 1 is 1.10 bits per heavy atom. The molecule has 0 amide bonds. The van der Waals surface area contributed by atoms with E-state index in [1.54, 1.807) is 18.6 Å². The highest BCUT2D eigenvalue weighted by Crippen LogP contribution is 2.29. The van der Waals surface area contributed by atoms with E-state index >= 15 is 0 Å². The van der Waals surface area contributed by atoms with Gasteiger partial charge >= 0.3 is 0 Å². The summed E-state index contributed by atoms with van der Waals surface area (Å²) in [4.78, 5) is 13.4. The number of aliphatic hydroxyl groups excluding tert-OH is 1. The molecule has 0 bridgehead atoms. The number of nitrogens with one attached hydrogen (secondary N) is 2. The van der Waals surface area contributed by atoms with E-state index in [-0.39, 0.29) is 6.10 Å². The van der Waals surface area contributed by atoms with Gasteiger partial charge in [-0.2, -0.15) is 0 Å². The topological polar surface area (TPSA) is 92.2 Å². The lowest BCUT2D eigenvalue weighted by Crippen LogP contribution is -2.28. The number of pyridine rings is 1. The normalized spacial score (nSPS) is 24.8. The second-order valence-corrected chi connectivity index (χ2v) is 8.36. The number of hydrogen-bond donors (Lipinski definition) is 3. The monoisotopic (exact) mass is 417 g/mol. The summed E-state index contributed by atoms with van der Waals surface area (Å²) in [5.74, 6) is 2.01. The van der Waals surface area contributed by atoms with Crippen molar-refractivity contribution in [3.63, 3.8) is 0 Å². The molecule has 0 unspecified atom stereocenters. The highest BCUT2D eigenvalue weighted by Gasteiger charge is 2.20. The number of aromatic nitrogens is 3. The Kier molecular flexibility index (Phi) is 6.79. The third kappa shape index (κ3) is 5.56. The maximum atomic E-state index is 9.69. The van der Waals surface area contributed by atoms with Crippen LogP contribution < -0.4 is 10.6 Å². The largest absolute Gasteiger partial charge is 0.393 e. The van der Waals surface area contributed by atoms with Crippen LogP contribution in [-0.4, -0.2) is 52.0 Å². The number of aliphatic hydroxyl groups is 1. The molecule has 0 radical (unpaired) electrons. The zero-order valence-corrected chi connectivity index (χ0v) is 17.2. The molecule has 1 saturated heterocycles. The highest BCUT2D eigenvalue weighted by molar-refractivity contribution is 6.33. The summed E-state index contributed by atoms with van der Waals surface area (Å²) >= 11 is 6.42. The molecule has 0 aromatic carbocycles. The summed E-state index contributed by atoms with van der Waals surface area (Å²) in [7, 11) is 0. The highest BCUT2D eigenvalue weighted by atomic mass is 35.5. The Hall–Kier alpha value is -1.96. The lowest BCUT2D eigenvalue weighted by Gasteiger charge is -2.26. The van der Waals surface area contributed by atoms with E-state index in [1.165, 1.54) is 6.42 Å². The molecule has 3 N–H and O–H groups in total. The number of rotatable bonds is 6. The maximum Gasteiger partial charge on any atom is 0.145 e. The van der Waals surface area contributed by atoms with Gasteiger partial charge in [0.25, 0.3) is 0 Å². The standard InChI is InChI=1S/C21H28ClN5O2/c22-18-10-25-20(26-15-3-5-16(28)6-4-15)8-17(18)19-11-23-12-21(27-19)24-9-14-2-1-7-29-13-14/h8,10-12,14-16,28H,1-7,9,13H2,(H,24,27)(H,25,26)/t14-,15-,16-/m1/s1. The minimum atomic E-state index is -0.174. The molecule has 29 heavy (non-hydrogen) atoms. The molecule has 1 atom stereocenters. The lowest BCUT2D eigenvalue weighted by molar-refractivity contribution is 0.0595. The Morgan fingerprint density at radius 3 is 2.76 bits per heavy atom. The van der Waals surface area contributed by atoms with Crippen LogP contribution in [0.25, 0.3) is 11.3 Å². The van der Waals surface area contributed by atoms with Gasteiger partial charge in [-0.05, 0) is 50.5 Å². The van der Waals surface area contributed by atoms with Crippen molar-refractivity contribution >= 4 is 23.2 Å². The third-order valence-electron chi connectivity index (χ3n) is 5.64. The molecule has 0 spiro atoms. The SMILES string of the molecule is O[C@H]1CC[C@H](Nc2cc(-c3cncc(NC[C@H]4CCCOC4)n3)c(Cl)cn2)CC1. The van der Waals surface area contributed by atoms with Crippen molar-refractivity contribution in [2.45, 2.75) is 50.7 Å². The van der Waals surface area contributed by atoms with E-state index in [9.17, 15) is 5.11 Å². The van der Waals surface area contributed by atoms with E-state index in [4.69, 9.17) is 21.3 Å². The van der Waals surface area contributed by atoms with E-state index in [1.807, 2.05) is 6.07 Å². The van der Waals surface area contributed by atoms with Crippen LogP contribution in [0.15, 0.2) is 24.7 Å². The molecular weight excluding hydrogens is 390 g/mol. The fourth-order valence-electron chi connectivity index (χ4n) is 3.94. The van der Waals surface area contributed by atoms with Gasteiger partial charge < -0.3 is 20.5 Å². The van der Waals surface area contributed by atoms with Crippen LogP contribution in [0.2, 0.25) is 5.02 Å². The Labute approximate surface area is 176 Å². The van der Waals surface area contributed by atoms with Crippen molar-refractivity contribution in [3.05, 3.63) is 29.7 Å². The minimum Gasteiger partial charge on any atom is -0.393 e. The molecule has 2 aromatic rings. The van der Waals surface area contributed by atoms with Crippen molar-refractivity contribution in [2.24, 2.45) is 5.92 Å². The summed E-state index contributed by atoms with van der Waals surface area (Å²) in [6, 6.07) is 2.24. The van der Waals surface area contributed by atoms with E-state index in [2.05, 4.69) is 20.6 Å². The number of nitrogens with zero attached hydrogens (tertiary/aromatic N) is 3. The average molecular weight is 418 g/mol. The summed E-state index contributed by atoms with van der Waals surface area (Å²) in [6.07, 6.45) is 10.7. The van der Waals surface area contributed by atoms with Crippen LogP contribution in [0.3, 0.4) is 0 Å². The molecule has 1 saturated carbocycles. The van der Waals surface area contributed by atoms with Gasteiger partial charge in [-0.3, -0.25) is 4.98 Å². The zero-order chi connectivity index (χ0) is 20.1. The second-order valence-electron chi connectivity index (χ2n) is 7.95. The van der Waals surface area contributed by atoms with Gasteiger partial charge in [0.2, 0.25) is 0 Å². The van der Waals surface area contributed by atoms with Gasteiger partial charge in [0.15, 0.2) is 0 Å². The molecule has 3 heterocycles. The van der Waals surface area contributed by atoms with Gasteiger partial charge in [0, 0.05) is 31.0 Å². The molecule has 7 nitrogen and oxygen atoms in total. The molecule has 2 fully saturated rings. The quantitative estimate of drug-likeness (QED) is 0.659. The van der Waals surface area contributed by atoms with Crippen LogP contribution in [0, 0.1) is 5.92 Å². The van der Waals surface area contributed by atoms with E-state index < -0.39 is 0 Å². The zero-order valence-electron chi connectivity index (χ0n) is 16.5. The van der Waals surface area contributed by atoms with Gasteiger partial charge in [-0.25, -0.2) is 9.97 Å². The maximum absolute atomic E-state index is 9.69. The van der Waals surface area contributed by atoms with Crippen LogP contribution >= 0.6 is 11.6 Å². The number of halogens is 1. The Morgan fingerprint density at radius 2 is 1.97 bits per heavy atom. The molecule has 2 aliphatic rings. The van der Waals surface area contributed by atoms with Crippen molar-refractivity contribution in [3.8, 4) is 11.3 Å². The van der Waals surface area contributed by atoms with Crippen molar-refractivity contribution in [2.75, 3.05) is 30.4 Å². The molecule has 1 aliphatic carbocycles. The molecular formula is C21H28ClN5O2. The van der Waals surface area contributed by atoms with Crippen LogP contribution in [-0.2, 0) is 4.74 Å². The molecule has 8 heteroatoms. The van der Waals surface area contributed by atoms with E-state index in [0.29, 0.717) is 22.7 Å². The fourth-order valence-corrected chi connectivity index (χ4v) is 4.14. The lowest BCUT2D eigenvalue weighted by atomic mass is 9.93. The van der Waals surface area contributed by atoms with Gasteiger partial charge in [0.1, 0.15) is 11.6 Å². The van der Waals surface area contributed by atoms with Gasteiger partial charge in [-0.15, -0.1) is 0 Å². The summed E-state index contributed by atoms with van der Waals surface area (Å²) in [6.45, 7) is 2.48. The minimum absolute atomic E-state index is 0.174. The average Bonchev–Trinajstić information content (AvgIpc) is 2.76. The Balaban J connectivity index is 1.44.